The van der Waals surface area contributed by atoms with Gasteiger partial charge in [0.05, 0.1) is 6.10 Å². The third kappa shape index (κ3) is 20.7. The van der Waals surface area contributed by atoms with Gasteiger partial charge in [-0.1, -0.05) is 64.0 Å². The normalized spacial score (nSPS) is 12.3. The van der Waals surface area contributed by atoms with Crippen LogP contribution in [0.25, 0.3) is 0 Å². The van der Waals surface area contributed by atoms with Crippen molar-refractivity contribution in [2.45, 2.75) is 96.5 Å². The van der Waals surface area contributed by atoms with E-state index in [9.17, 15) is 9.90 Å². The molecule has 22 heavy (non-hydrogen) atoms. The second kappa shape index (κ2) is 19.8. The number of carboxylic acids is 1. The van der Waals surface area contributed by atoms with Crippen LogP contribution < -0.4 is 0 Å². The number of aliphatic hydroxyl groups is 1. The summed E-state index contributed by atoms with van der Waals surface area (Å²) in [6.07, 6.45) is 17.4. The molecule has 0 aromatic rings. The first-order valence-corrected chi connectivity index (χ1v) is 8.71. The summed E-state index contributed by atoms with van der Waals surface area (Å²) in [5.41, 5.74) is 0. The Hall–Kier alpha value is 0.741. The molecule has 0 aliphatic heterocycles. The van der Waals surface area contributed by atoms with Crippen molar-refractivity contribution in [1.29, 1.82) is 0 Å². The summed E-state index contributed by atoms with van der Waals surface area (Å²) in [4.78, 5) is 10.3. The molecule has 0 spiro atoms. The van der Waals surface area contributed by atoms with E-state index < -0.39 is 5.97 Å². The van der Waals surface area contributed by atoms with Gasteiger partial charge in [-0.3, -0.25) is 4.79 Å². The molecule has 0 aromatic carbocycles. The maximum absolute atomic E-state index is 10.3. The molecule has 0 radical (unpaired) electrons. The molecule has 1 atom stereocenters. The number of carbonyl (C=O) groups is 1. The molecule has 0 aromatic heterocycles. The standard InChI is InChI=1S/C18H34O3.Ba/c1-2-3-4-11-14-17(19)15-12-9-7-5-6-8-10-13-16-18(20)21;/h9,12,17,19H,2-8,10-11,13-16H2,1H3,(H,20,21);/q;+2/b12-9-;. The van der Waals surface area contributed by atoms with Crippen LogP contribution in [-0.2, 0) is 4.79 Å². The van der Waals surface area contributed by atoms with E-state index in [0.717, 1.165) is 51.4 Å². The minimum Gasteiger partial charge on any atom is -0.481 e. The first-order valence-electron chi connectivity index (χ1n) is 8.71. The van der Waals surface area contributed by atoms with Crippen molar-refractivity contribution in [2.75, 3.05) is 0 Å². The van der Waals surface area contributed by atoms with Crippen LogP contribution in [-0.4, -0.2) is 71.2 Å². The van der Waals surface area contributed by atoms with Crippen LogP contribution in [0.15, 0.2) is 12.2 Å². The van der Waals surface area contributed by atoms with Gasteiger partial charge in [-0.15, -0.1) is 0 Å². The Kier molecular flexibility index (Phi) is 22.5. The molecule has 4 heteroatoms. The van der Waals surface area contributed by atoms with E-state index in [2.05, 4.69) is 19.1 Å². The molecular formula is C18H34BaO3+2. The van der Waals surface area contributed by atoms with E-state index >= 15 is 0 Å². The van der Waals surface area contributed by atoms with Gasteiger partial charge >= 0.3 is 54.9 Å². The summed E-state index contributed by atoms with van der Waals surface area (Å²) in [5.74, 6) is -0.689. The second-order valence-corrected chi connectivity index (χ2v) is 5.91. The summed E-state index contributed by atoms with van der Waals surface area (Å²) < 4.78 is 0. The van der Waals surface area contributed by atoms with E-state index in [-0.39, 0.29) is 55.0 Å². The van der Waals surface area contributed by atoms with Crippen LogP contribution in [0.5, 0.6) is 0 Å². The molecule has 124 valence electrons. The van der Waals surface area contributed by atoms with Gasteiger partial charge in [0.1, 0.15) is 0 Å². The molecule has 3 nitrogen and oxygen atoms in total. The molecule has 0 fully saturated rings. The van der Waals surface area contributed by atoms with Gasteiger partial charge in [-0.05, 0) is 32.1 Å². The Morgan fingerprint density at radius 1 is 0.955 bits per heavy atom. The van der Waals surface area contributed by atoms with Crippen molar-refractivity contribution in [3.63, 3.8) is 0 Å². The van der Waals surface area contributed by atoms with Gasteiger partial charge in [0.25, 0.3) is 0 Å². The zero-order valence-corrected chi connectivity index (χ0v) is 18.9. The van der Waals surface area contributed by atoms with Crippen molar-refractivity contribution in [2.24, 2.45) is 0 Å². The van der Waals surface area contributed by atoms with Gasteiger partial charge in [-0.25, -0.2) is 0 Å². The molecule has 0 aliphatic carbocycles. The van der Waals surface area contributed by atoms with E-state index in [0.29, 0.717) is 6.42 Å². The smallest absolute Gasteiger partial charge is 0.481 e. The van der Waals surface area contributed by atoms with Crippen LogP contribution in [0.3, 0.4) is 0 Å². The molecule has 0 saturated heterocycles. The third-order valence-corrected chi connectivity index (χ3v) is 3.73. The maximum Gasteiger partial charge on any atom is 2.00 e. The molecule has 0 saturated carbocycles. The minimum atomic E-state index is -0.689. The topological polar surface area (TPSA) is 57.5 Å². The molecule has 0 heterocycles. The zero-order valence-electron chi connectivity index (χ0n) is 14.4. The summed E-state index contributed by atoms with van der Waals surface area (Å²) in [5, 5.41) is 18.3. The summed E-state index contributed by atoms with van der Waals surface area (Å²) in [6, 6.07) is 0. The quantitative estimate of drug-likeness (QED) is 0.223. The minimum absolute atomic E-state index is 0. The Morgan fingerprint density at radius 2 is 1.59 bits per heavy atom. The molecular weight excluding hydrogens is 402 g/mol. The molecule has 0 amide bonds. The van der Waals surface area contributed by atoms with Crippen molar-refractivity contribution in [1.82, 2.24) is 0 Å². The number of unbranched alkanes of at least 4 members (excludes halogenated alkanes) is 8. The average Bonchev–Trinajstić information content (AvgIpc) is 2.45. The van der Waals surface area contributed by atoms with Crippen molar-refractivity contribution in [3.8, 4) is 0 Å². The van der Waals surface area contributed by atoms with Gasteiger partial charge in [-0.2, -0.15) is 0 Å². The van der Waals surface area contributed by atoms with Crippen molar-refractivity contribution < 1.29 is 15.0 Å². The fourth-order valence-electron chi connectivity index (χ4n) is 2.36. The Balaban J connectivity index is 0. The predicted octanol–water partition coefficient (Wildman–Crippen LogP) is 4.70. The van der Waals surface area contributed by atoms with Crippen molar-refractivity contribution in [3.05, 3.63) is 12.2 Å². The van der Waals surface area contributed by atoms with Crippen LogP contribution in [0.2, 0.25) is 0 Å². The summed E-state index contributed by atoms with van der Waals surface area (Å²) >= 11 is 0. The summed E-state index contributed by atoms with van der Waals surface area (Å²) in [6.45, 7) is 2.20. The number of hydrogen-bond donors (Lipinski definition) is 2. The molecule has 1 unspecified atom stereocenters. The van der Waals surface area contributed by atoms with Gasteiger partial charge in [0.15, 0.2) is 0 Å². The number of rotatable bonds is 15. The molecule has 0 aliphatic rings. The largest absolute Gasteiger partial charge is 2.00 e. The number of carboxylic acid groups (broad SMARTS) is 1. The Bertz CT molecular complexity index is 267. The van der Waals surface area contributed by atoms with E-state index in [1.54, 1.807) is 0 Å². The zero-order chi connectivity index (χ0) is 15.8. The third-order valence-electron chi connectivity index (χ3n) is 3.73. The number of hydrogen-bond acceptors (Lipinski definition) is 2. The SMILES string of the molecule is CCCCCCC(O)C/C=C\CCCCCCCC(=O)O.[Ba+2]. The van der Waals surface area contributed by atoms with E-state index in [4.69, 9.17) is 5.11 Å². The second-order valence-electron chi connectivity index (χ2n) is 5.91. The van der Waals surface area contributed by atoms with Crippen molar-refractivity contribution >= 4 is 54.9 Å². The molecule has 0 rings (SSSR count). The van der Waals surface area contributed by atoms with Crippen LogP contribution in [0, 0.1) is 0 Å². The van der Waals surface area contributed by atoms with Crippen LogP contribution in [0.4, 0.5) is 0 Å². The predicted molar refractivity (Wildman–Crippen MR) is 94.2 cm³/mol. The van der Waals surface area contributed by atoms with Crippen LogP contribution >= 0.6 is 0 Å². The van der Waals surface area contributed by atoms with Crippen LogP contribution in [0.1, 0.15) is 90.4 Å². The number of allylic oxidation sites excluding steroid dienone is 1. The fraction of sp³-hybridized carbons (Fsp3) is 0.833. The monoisotopic (exact) mass is 436 g/mol. The number of aliphatic hydroxyl groups excluding tert-OH is 1. The average molecular weight is 436 g/mol. The van der Waals surface area contributed by atoms with Gasteiger partial charge in [0, 0.05) is 6.42 Å². The Morgan fingerprint density at radius 3 is 2.27 bits per heavy atom. The van der Waals surface area contributed by atoms with E-state index in [1.165, 1.54) is 25.7 Å². The maximum atomic E-state index is 10.3. The van der Waals surface area contributed by atoms with Gasteiger partial charge < -0.3 is 10.2 Å². The summed E-state index contributed by atoms with van der Waals surface area (Å²) in [7, 11) is 0. The first kappa shape index (κ1) is 25.0. The number of aliphatic carboxylic acids is 1. The van der Waals surface area contributed by atoms with Gasteiger partial charge in [0.2, 0.25) is 0 Å². The Labute approximate surface area is 177 Å². The molecule has 0 bridgehead atoms. The van der Waals surface area contributed by atoms with E-state index in [1.807, 2.05) is 0 Å². The molecule has 2 N–H and O–H groups in total. The fourth-order valence-corrected chi connectivity index (χ4v) is 2.36. The first-order chi connectivity index (χ1) is 10.2.